The highest BCUT2D eigenvalue weighted by atomic mass is 79.9. The van der Waals surface area contributed by atoms with E-state index in [0.29, 0.717) is 24.5 Å². The Morgan fingerprint density at radius 2 is 1.86 bits per heavy atom. The van der Waals surface area contributed by atoms with Gasteiger partial charge in [0, 0.05) is 17.2 Å². The van der Waals surface area contributed by atoms with Crippen LogP contribution in [-0.4, -0.2) is 10.9 Å². The molecule has 0 aliphatic rings. The Labute approximate surface area is 178 Å². The van der Waals surface area contributed by atoms with Crippen molar-refractivity contribution in [3.05, 3.63) is 92.7 Å². The number of pyridine rings is 1. The van der Waals surface area contributed by atoms with Crippen LogP contribution in [0.25, 0.3) is 0 Å². The molecule has 0 unspecified atom stereocenters. The van der Waals surface area contributed by atoms with E-state index in [1.54, 1.807) is 12.3 Å². The van der Waals surface area contributed by atoms with Crippen molar-refractivity contribution in [3.63, 3.8) is 0 Å². The molecule has 1 N–H and O–H groups in total. The van der Waals surface area contributed by atoms with Crippen molar-refractivity contribution in [2.45, 2.75) is 27.0 Å². The first kappa shape index (κ1) is 20.6. The number of nitrogens with zero attached hydrogens (tertiary/aromatic N) is 2. The van der Waals surface area contributed by atoms with Crippen LogP contribution < -0.4 is 10.1 Å². The van der Waals surface area contributed by atoms with E-state index in [4.69, 9.17) is 10.00 Å². The molecule has 0 saturated carbocycles. The number of ether oxygens (including phenoxy) is 1. The van der Waals surface area contributed by atoms with Crippen molar-refractivity contribution in [3.8, 4) is 11.8 Å². The van der Waals surface area contributed by atoms with Crippen LogP contribution in [0.4, 0.5) is 0 Å². The summed E-state index contributed by atoms with van der Waals surface area (Å²) in [5.41, 5.74) is 4.76. The van der Waals surface area contributed by atoms with Gasteiger partial charge in [0.25, 0.3) is 5.91 Å². The van der Waals surface area contributed by atoms with Gasteiger partial charge < -0.3 is 10.1 Å². The molecule has 2 aromatic carbocycles. The third kappa shape index (κ3) is 5.21. The molecule has 0 spiro atoms. The molecule has 3 aromatic rings. The first-order valence-electron chi connectivity index (χ1n) is 9.08. The molecule has 0 bridgehead atoms. The fourth-order valence-corrected chi connectivity index (χ4v) is 3.34. The van der Waals surface area contributed by atoms with Crippen LogP contribution in [0, 0.1) is 25.2 Å². The average Bonchev–Trinajstić information content (AvgIpc) is 2.72. The van der Waals surface area contributed by atoms with Gasteiger partial charge in [0.15, 0.2) is 11.4 Å². The lowest BCUT2D eigenvalue weighted by Crippen LogP contribution is -2.25. The second-order valence-electron chi connectivity index (χ2n) is 6.66. The summed E-state index contributed by atoms with van der Waals surface area (Å²) in [6, 6.07) is 17.3. The summed E-state index contributed by atoms with van der Waals surface area (Å²) in [5.74, 6) is 0.0951. The quantitative estimate of drug-likeness (QED) is 0.583. The molecule has 0 aliphatic heterocycles. The van der Waals surface area contributed by atoms with Crippen LogP contribution in [0.1, 0.15) is 38.3 Å². The van der Waals surface area contributed by atoms with Crippen molar-refractivity contribution in [1.82, 2.24) is 10.3 Å². The number of halogens is 1. The van der Waals surface area contributed by atoms with E-state index in [1.807, 2.05) is 56.3 Å². The number of amides is 1. The van der Waals surface area contributed by atoms with Gasteiger partial charge in [-0.2, -0.15) is 5.26 Å². The normalized spacial score (nSPS) is 10.3. The van der Waals surface area contributed by atoms with E-state index >= 15 is 0 Å². The second kappa shape index (κ2) is 9.35. The maximum Gasteiger partial charge on any atom is 0.274 e. The van der Waals surface area contributed by atoms with E-state index in [2.05, 4.69) is 32.3 Å². The van der Waals surface area contributed by atoms with E-state index in [9.17, 15) is 4.79 Å². The molecule has 0 saturated heterocycles. The molecular formula is C23H20BrN3O2. The highest BCUT2D eigenvalue weighted by Crippen LogP contribution is 2.23. The van der Waals surface area contributed by atoms with E-state index < -0.39 is 0 Å². The topological polar surface area (TPSA) is 75.0 Å². The largest absolute Gasteiger partial charge is 0.486 e. The Morgan fingerprint density at radius 3 is 2.52 bits per heavy atom. The third-order valence-corrected chi connectivity index (χ3v) is 4.96. The molecular weight excluding hydrogens is 430 g/mol. The molecule has 29 heavy (non-hydrogen) atoms. The number of rotatable bonds is 6. The fraction of sp³-hybridized carbons (Fsp3) is 0.174. The molecule has 0 aliphatic carbocycles. The maximum atomic E-state index is 12.8. The minimum atomic E-state index is -0.316. The number of nitrogens with one attached hydrogen (secondary N) is 1. The Morgan fingerprint density at radius 1 is 1.17 bits per heavy atom. The molecule has 0 fully saturated rings. The molecule has 0 atom stereocenters. The number of hydrogen-bond donors (Lipinski definition) is 1. The van der Waals surface area contributed by atoms with Gasteiger partial charge in [0.1, 0.15) is 6.61 Å². The molecule has 3 rings (SSSR count). The standard InChI is InChI=1S/C23H20BrN3O2/c1-15-8-18(11-25)9-16(2)20(15)13-27-23(28)22-21(10-19(24)12-26-22)29-14-17-6-4-3-5-7-17/h3-10,12H,13-14H2,1-2H3,(H,27,28). The highest BCUT2D eigenvalue weighted by Gasteiger charge is 2.16. The summed E-state index contributed by atoms with van der Waals surface area (Å²) < 4.78 is 6.60. The van der Waals surface area contributed by atoms with Crippen molar-refractivity contribution in [2.24, 2.45) is 0 Å². The Balaban J connectivity index is 1.75. The lowest BCUT2D eigenvalue weighted by atomic mass is 9.99. The van der Waals surface area contributed by atoms with Crippen LogP contribution >= 0.6 is 15.9 Å². The number of hydrogen-bond acceptors (Lipinski definition) is 4. The van der Waals surface area contributed by atoms with Crippen molar-refractivity contribution in [2.75, 3.05) is 0 Å². The molecule has 146 valence electrons. The predicted octanol–water partition coefficient (Wildman–Crippen LogP) is 4.84. The number of aromatic nitrogens is 1. The minimum Gasteiger partial charge on any atom is -0.486 e. The molecule has 5 nitrogen and oxygen atoms in total. The molecule has 1 amide bonds. The van der Waals surface area contributed by atoms with E-state index in [1.165, 1.54) is 0 Å². The van der Waals surface area contributed by atoms with Crippen molar-refractivity contribution in [1.29, 1.82) is 5.26 Å². The third-order valence-electron chi connectivity index (χ3n) is 4.52. The van der Waals surface area contributed by atoms with E-state index in [-0.39, 0.29) is 11.6 Å². The first-order chi connectivity index (χ1) is 14.0. The zero-order valence-electron chi connectivity index (χ0n) is 16.2. The summed E-state index contributed by atoms with van der Waals surface area (Å²) in [4.78, 5) is 17.0. The molecule has 0 radical (unpaired) electrons. The number of carbonyl (C=O) groups excluding carboxylic acids is 1. The van der Waals surface area contributed by atoms with Crippen LogP contribution in [0.3, 0.4) is 0 Å². The summed E-state index contributed by atoms with van der Waals surface area (Å²) in [6.07, 6.45) is 1.57. The zero-order valence-corrected chi connectivity index (χ0v) is 17.8. The van der Waals surface area contributed by atoms with Crippen molar-refractivity contribution >= 4 is 21.8 Å². The van der Waals surface area contributed by atoms with Gasteiger partial charge in [0.05, 0.1) is 11.6 Å². The first-order valence-corrected chi connectivity index (χ1v) is 9.88. The second-order valence-corrected chi connectivity index (χ2v) is 7.57. The van der Waals surface area contributed by atoms with Gasteiger partial charge in [-0.05, 0) is 70.2 Å². The van der Waals surface area contributed by atoms with Gasteiger partial charge in [-0.25, -0.2) is 4.98 Å². The SMILES string of the molecule is Cc1cc(C#N)cc(C)c1CNC(=O)c1ncc(Br)cc1OCc1ccccc1. The number of aryl methyl sites for hydroxylation is 2. The Hall–Kier alpha value is -3.17. The van der Waals surface area contributed by atoms with Gasteiger partial charge in [-0.15, -0.1) is 0 Å². The summed E-state index contributed by atoms with van der Waals surface area (Å²) in [7, 11) is 0. The van der Waals surface area contributed by atoms with E-state index in [0.717, 1.165) is 26.7 Å². The van der Waals surface area contributed by atoms with Crippen LogP contribution in [-0.2, 0) is 13.2 Å². The van der Waals surface area contributed by atoms with Crippen LogP contribution in [0.15, 0.2) is 59.2 Å². The predicted molar refractivity (Wildman–Crippen MR) is 115 cm³/mol. The van der Waals surface area contributed by atoms with Gasteiger partial charge in [-0.3, -0.25) is 4.79 Å². The average molecular weight is 450 g/mol. The Bertz CT molecular complexity index is 1050. The molecule has 1 heterocycles. The summed E-state index contributed by atoms with van der Waals surface area (Å²) in [6.45, 7) is 4.55. The Kier molecular flexibility index (Phi) is 6.63. The fourth-order valence-electron chi connectivity index (χ4n) is 3.03. The smallest absolute Gasteiger partial charge is 0.274 e. The lowest BCUT2D eigenvalue weighted by Gasteiger charge is -2.14. The van der Waals surface area contributed by atoms with Crippen LogP contribution in [0.2, 0.25) is 0 Å². The van der Waals surface area contributed by atoms with Crippen molar-refractivity contribution < 1.29 is 9.53 Å². The van der Waals surface area contributed by atoms with Gasteiger partial charge >= 0.3 is 0 Å². The molecule has 6 heteroatoms. The number of carbonyl (C=O) groups is 1. The maximum absolute atomic E-state index is 12.8. The summed E-state index contributed by atoms with van der Waals surface area (Å²) in [5, 5.41) is 12.0. The van der Waals surface area contributed by atoms with Gasteiger partial charge in [0.2, 0.25) is 0 Å². The summed E-state index contributed by atoms with van der Waals surface area (Å²) >= 11 is 3.38. The van der Waals surface area contributed by atoms with Crippen LogP contribution in [0.5, 0.6) is 5.75 Å². The number of benzene rings is 2. The monoisotopic (exact) mass is 449 g/mol. The zero-order chi connectivity index (χ0) is 20.8. The molecule has 1 aromatic heterocycles. The minimum absolute atomic E-state index is 0.230. The number of nitriles is 1. The lowest BCUT2D eigenvalue weighted by molar-refractivity contribution is 0.0940. The highest BCUT2D eigenvalue weighted by molar-refractivity contribution is 9.10. The van der Waals surface area contributed by atoms with Gasteiger partial charge in [-0.1, -0.05) is 30.3 Å².